The zero-order valence-corrected chi connectivity index (χ0v) is 12.2. The Kier molecular flexibility index (Phi) is 4.40. The Bertz CT molecular complexity index is 466. The van der Waals surface area contributed by atoms with E-state index in [4.69, 9.17) is 4.74 Å². The SMILES string of the molecule is O=S(=O)(NC[C@H]1CCCO1)c1ccc(I)cc1. The first-order valence-electron chi connectivity index (χ1n) is 5.45. The lowest BCUT2D eigenvalue weighted by molar-refractivity contribution is 0.114. The topological polar surface area (TPSA) is 55.4 Å². The quantitative estimate of drug-likeness (QED) is 0.826. The second-order valence-corrected chi connectivity index (χ2v) is 6.95. The van der Waals surface area contributed by atoms with E-state index in [1.807, 2.05) is 0 Å². The number of nitrogens with one attached hydrogen (secondary N) is 1. The van der Waals surface area contributed by atoms with Crippen molar-refractivity contribution in [3.8, 4) is 0 Å². The van der Waals surface area contributed by atoms with E-state index >= 15 is 0 Å². The molecule has 0 unspecified atom stereocenters. The van der Waals surface area contributed by atoms with Crippen LogP contribution < -0.4 is 4.72 Å². The van der Waals surface area contributed by atoms with Gasteiger partial charge in [-0.25, -0.2) is 13.1 Å². The van der Waals surface area contributed by atoms with Crippen molar-refractivity contribution >= 4 is 32.6 Å². The molecule has 0 amide bonds. The molecule has 1 heterocycles. The summed E-state index contributed by atoms with van der Waals surface area (Å²) in [6, 6.07) is 6.78. The molecule has 1 atom stereocenters. The summed E-state index contributed by atoms with van der Waals surface area (Å²) in [7, 11) is -3.40. The molecule has 1 fully saturated rings. The predicted octanol–water partition coefficient (Wildman–Crippen LogP) is 1.75. The molecule has 0 bridgehead atoms. The maximum Gasteiger partial charge on any atom is 0.240 e. The molecule has 1 aromatic carbocycles. The molecular weight excluding hydrogens is 353 g/mol. The molecule has 1 aliphatic heterocycles. The third-order valence-electron chi connectivity index (χ3n) is 2.65. The molecule has 0 spiro atoms. The Hall–Kier alpha value is -0.180. The third-order valence-corrected chi connectivity index (χ3v) is 4.81. The zero-order chi connectivity index (χ0) is 12.3. The summed E-state index contributed by atoms with van der Waals surface area (Å²) >= 11 is 2.14. The average Bonchev–Trinajstić information content (AvgIpc) is 2.80. The number of rotatable bonds is 4. The van der Waals surface area contributed by atoms with Crippen molar-refractivity contribution in [2.75, 3.05) is 13.2 Å². The molecule has 0 radical (unpaired) electrons. The molecular formula is C11H14INO3S. The van der Waals surface area contributed by atoms with E-state index in [0.29, 0.717) is 11.4 Å². The summed E-state index contributed by atoms with van der Waals surface area (Å²) in [6.45, 7) is 1.09. The molecule has 1 aromatic rings. The van der Waals surface area contributed by atoms with Crippen LogP contribution in [-0.2, 0) is 14.8 Å². The summed E-state index contributed by atoms with van der Waals surface area (Å²) in [5.74, 6) is 0. The lowest BCUT2D eigenvalue weighted by atomic mass is 10.2. The minimum atomic E-state index is -3.40. The van der Waals surface area contributed by atoms with Gasteiger partial charge in [0.2, 0.25) is 10.0 Å². The van der Waals surface area contributed by atoms with E-state index in [0.717, 1.165) is 23.0 Å². The number of hydrogen-bond donors (Lipinski definition) is 1. The van der Waals surface area contributed by atoms with Crippen LogP contribution in [0.5, 0.6) is 0 Å². The van der Waals surface area contributed by atoms with Crippen molar-refractivity contribution in [1.29, 1.82) is 0 Å². The first-order chi connectivity index (χ1) is 8.08. The number of hydrogen-bond acceptors (Lipinski definition) is 3. The highest BCUT2D eigenvalue weighted by Crippen LogP contribution is 2.14. The largest absolute Gasteiger partial charge is 0.377 e. The van der Waals surface area contributed by atoms with Crippen LogP contribution in [0, 0.1) is 3.57 Å². The van der Waals surface area contributed by atoms with Crippen molar-refractivity contribution in [2.24, 2.45) is 0 Å². The summed E-state index contributed by atoms with van der Waals surface area (Å²) in [4.78, 5) is 0.302. The smallest absolute Gasteiger partial charge is 0.240 e. The van der Waals surface area contributed by atoms with E-state index < -0.39 is 10.0 Å². The predicted molar refractivity (Wildman–Crippen MR) is 73.3 cm³/mol. The van der Waals surface area contributed by atoms with Crippen molar-refractivity contribution in [3.05, 3.63) is 27.8 Å². The van der Waals surface area contributed by atoms with Gasteiger partial charge in [0.15, 0.2) is 0 Å². The van der Waals surface area contributed by atoms with Gasteiger partial charge in [0.1, 0.15) is 0 Å². The Morgan fingerprint density at radius 3 is 2.65 bits per heavy atom. The maximum atomic E-state index is 11.9. The van der Waals surface area contributed by atoms with Crippen molar-refractivity contribution < 1.29 is 13.2 Å². The molecule has 4 nitrogen and oxygen atoms in total. The minimum Gasteiger partial charge on any atom is -0.377 e. The molecule has 17 heavy (non-hydrogen) atoms. The molecule has 1 aliphatic rings. The molecule has 94 valence electrons. The second kappa shape index (κ2) is 5.64. The molecule has 1 N–H and O–H groups in total. The van der Waals surface area contributed by atoms with Crippen LogP contribution in [0.1, 0.15) is 12.8 Å². The van der Waals surface area contributed by atoms with Gasteiger partial charge < -0.3 is 4.74 Å². The van der Waals surface area contributed by atoms with Crippen molar-refractivity contribution in [3.63, 3.8) is 0 Å². The average molecular weight is 367 g/mol. The summed E-state index contributed by atoms with van der Waals surface area (Å²) in [5.41, 5.74) is 0. The van der Waals surface area contributed by atoms with Gasteiger partial charge in [0, 0.05) is 16.7 Å². The van der Waals surface area contributed by atoms with Gasteiger partial charge in [0.25, 0.3) is 0 Å². The van der Waals surface area contributed by atoms with Gasteiger partial charge in [-0.2, -0.15) is 0 Å². The molecule has 0 aliphatic carbocycles. The number of sulfonamides is 1. The standard InChI is InChI=1S/C11H14INO3S/c12-9-3-5-11(6-4-9)17(14,15)13-8-10-2-1-7-16-10/h3-6,10,13H,1-2,7-8H2/t10-/m1/s1. The van der Waals surface area contributed by atoms with Crippen molar-refractivity contribution in [2.45, 2.75) is 23.8 Å². The highest BCUT2D eigenvalue weighted by Gasteiger charge is 2.19. The Labute approximate surface area is 115 Å². The zero-order valence-electron chi connectivity index (χ0n) is 9.23. The van der Waals surface area contributed by atoms with Gasteiger partial charge in [-0.3, -0.25) is 0 Å². The first kappa shape index (κ1) is 13.3. The van der Waals surface area contributed by atoms with E-state index in [1.54, 1.807) is 24.3 Å². The van der Waals surface area contributed by atoms with Crippen LogP contribution in [-0.4, -0.2) is 27.7 Å². The highest BCUT2D eigenvalue weighted by molar-refractivity contribution is 14.1. The fraction of sp³-hybridized carbons (Fsp3) is 0.455. The Balaban J connectivity index is 2.00. The minimum absolute atomic E-state index is 0.0219. The summed E-state index contributed by atoms with van der Waals surface area (Å²) < 4.78 is 32.8. The van der Waals surface area contributed by atoms with Crippen LogP contribution >= 0.6 is 22.6 Å². The normalized spacial score (nSPS) is 20.6. The fourth-order valence-electron chi connectivity index (χ4n) is 1.71. The van der Waals surface area contributed by atoms with Gasteiger partial charge in [0.05, 0.1) is 11.0 Å². The monoisotopic (exact) mass is 367 g/mol. The third kappa shape index (κ3) is 3.64. The highest BCUT2D eigenvalue weighted by atomic mass is 127. The molecule has 1 saturated heterocycles. The maximum absolute atomic E-state index is 11.9. The second-order valence-electron chi connectivity index (χ2n) is 3.94. The van der Waals surface area contributed by atoms with E-state index in [9.17, 15) is 8.42 Å². The van der Waals surface area contributed by atoms with Crippen LogP contribution in [0.2, 0.25) is 0 Å². The lowest BCUT2D eigenvalue weighted by Gasteiger charge is -2.11. The van der Waals surface area contributed by atoms with Crippen LogP contribution in [0.3, 0.4) is 0 Å². The Morgan fingerprint density at radius 2 is 2.06 bits per heavy atom. The van der Waals surface area contributed by atoms with Crippen LogP contribution in [0.15, 0.2) is 29.2 Å². The Morgan fingerprint density at radius 1 is 1.35 bits per heavy atom. The van der Waals surface area contributed by atoms with E-state index in [1.165, 1.54) is 0 Å². The van der Waals surface area contributed by atoms with E-state index in [2.05, 4.69) is 27.3 Å². The summed E-state index contributed by atoms with van der Waals surface area (Å²) in [5, 5.41) is 0. The van der Waals surface area contributed by atoms with Crippen LogP contribution in [0.4, 0.5) is 0 Å². The lowest BCUT2D eigenvalue weighted by Crippen LogP contribution is -2.31. The molecule has 0 saturated carbocycles. The van der Waals surface area contributed by atoms with Gasteiger partial charge in [-0.1, -0.05) is 0 Å². The molecule has 2 rings (SSSR count). The van der Waals surface area contributed by atoms with Gasteiger partial charge >= 0.3 is 0 Å². The number of halogens is 1. The van der Waals surface area contributed by atoms with Gasteiger partial charge in [-0.05, 0) is 59.7 Å². The van der Waals surface area contributed by atoms with E-state index in [-0.39, 0.29) is 6.10 Å². The fourth-order valence-corrected chi connectivity index (χ4v) is 3.13. The van der Waals surface area contributed by atoms with Gasteiger partial charge in [-0.15, -0.1) is 0 Å². The summed E-state index contributed by atoms with van der Waals surface area (Å²) in [6.07, 6.45) is 1.96. The number of benzene rings is 1. The molecule has 6 heteroatoms. The van der Waals surface area contributed by atoms with Crippen molar-refractivity contribution in [1.82, 2.24) is 4.72 Å². The first-order valence-corrected chi connectivity index (χ1v) is 8.01. The number of ether oxygens (including phenoxy) is 1. The molecule has 0 aromatic heterocycles. The van der Waals surface area contributed by atoms with Crippen LogP contribution in [0.25, 0.3) is 0 Å².